The van der Waals surface area contributed by atoms with Crippen molar-refractivity contribution in [1.29, 1.82) is 0 Å². The molecule has 1 aliphatic heterocycles. The Kier molecular flexibility index (Phi) is 5.55. The van der Waals surface area contributed by atoms with Crippen molar-refractivity contribution < 1.29 is 9.84 Å². The van der Waals surface area contributed by atoms with E-state index >= 15 is 0 Å². The van der Waals surface area contributed by atoms with E-state index in [0.29, 0.717) is 6.61 Å². The summed E-state index contributed by atoms with van der Waals surface area (Å²) in [5.41, 5.74) is 4.84. The number of benzene rings is 1. The van der Waals surface area contributed by atoms with Gasteiger partial charge in [0.25, 0.3) is 0 Å². The number of morpholine rings is 1. The largest absolute Gasteiger partial charge is 0.361 e. The molecule has 3 heteroatoms. The summed E-state index contributed by atoms with van der Waals surface area (Å²) in [5, 5.41) is 14.7. The molecule has 1 saturated heterocycles. The SMILES string of the molecule is CCCc1cc(C2(O)OCC(C)(C)NC2C)cc(C)c1CCC. The molecule has 3 nitrogen and oxygen atoms in total. The molecule has 1 aromatic rings. The van der Waals surface area contributed by atoms with Crippen molar-refractivity contribution >= 4 is 0 Å². The van der Waals surface area contributed by atoms with Gasteiger partial charge in [0.2, 0.25) is 5.79 Å². The molecule has 23 heavy (non-hydrogen) atoms. The maximum absolute atomic E-state index is 11.2. The van der Waals surface area contributed by atoms with Gasteiger partial charge in [0.05, 0.1) is 12.6 Å². The molecule has 1 aliphatic rings. The predicted octanol–water partition coefficient (Wildman–Crippen LogP) is 3.83. The van der Waals surface area contributed by atoms with E-state index in [1.807, 2.05) is 6.92 Å². The van der Waals surface area contributed by atoms with Crippen LogP contribution in [0.2, 0.25) is 0 Å². The van der Waals surface area contributed by atoms with E-state index in [9.17, 15) is 5.11 Å². The van der Waals surface area contributed by atoms with Gasteiger partial charge in [0, 0.05) is 11.1 Å². The van der Waals surface area contributed by atoms with Crippen molar-refractivity contribution in [3.8, 4) is 0 Å². The van der Waals surface area contributed by atoms with Crippen molar-refractivity contribution in [2.24, 2.45) is 0 Å². The Morgan fingerprint density at radius 2 is 1.87 bits per heavy atom. The zero-order valence-electron chi connectivity index (χ0n) is 15.6. The zero-order chi connectivity index (χ0) is 17.3. The highest BCUT2D eigenvalue weighted by Gasteiger charge is 2.45. The number of nitrogens with one attached hydrogen (secondary N) is 1. The van der Waals surface area contributed by atoms with Gasteiger partial charge in [-0.2, -0.15) is 0 Å². The van der Waals surface area contributed by atoms with Crippen LogP contribution in [-0.2, 0) is 23.4 Å². The average Bonchev–Trinajstić information content (AvgIpc) is 2.46. The Morgan fingerprint density at radius 1 is 1.22 bits per heavy atom. The van der Waals surface area contributed by atoms with Crippen LogP contribution in [0, 0.1) is 6.92 Å². The summed E-state index contributed by atoms with van der Waals surface area (Å²) in [5.74, 6) is -1.26. The first-order valence-corrected chi connectivity index (χ1v) is 9.00. The van der Waals surface area contributed by atoms with Gasteiger partial charge in [0.1, 0.15) is 0 Å². The Bertz CT molecular complexity index is 553. The molecule has 0 radical (unpaired) electrons. The van der Waals surface area contributed by atoms with Crippen molar-refractivity contribution in [2.75, 3.05) is 6.61 Å². The first-order valence-electron chi connectivity index (χ1n) is 9.00. The van der Waals surface area contributed by atoms with Crippen LogP contribution in [0.4, 0.5) is 0 Å². The molecule has 0 saturated carbocycles. The number of rotatable bonds is 5. The fourth-order valence-electron chi connectivity index (χ4n) is 3.67. The summed E-state index contributed by atoms with van der Waals surface area (Å²) >= 11 is 0. The minimum absolute atomic E-state index is 0.116. The summed E-state index contributed by atoms with van der Waals surface area (Å²) in [4.78, 5) is 0. The second kappa shape index (κ2) is 6.92. The van der Waals surface area contributed by atoms with Crippen LogP contribution in [0.5, 0.6) is 0 Å². The van der Waals surface area contributed by atoms with Crippen molar-refractivity contribution in [3.63, 3.8) is 0 Å². The summed E-state index contributed by atoms with van der Waals surface area (Å²) in [6.45, 7) is 13.3. The zero-order valence-corrected chi connectivity index (χ0v) is 15.6. The molecule has 2 atom stereocenters. The van der Waals surface area contributed by atoms with Gasteiger partial charge in [-0.15, -0.1) is 0 Å². The monoisotopic (exact) mass is 319 g/mol. The first-order chi connectivity index (χ1) is 10.7. The normalized spacial score (nSPS) is 27.2. The van der Waals surface area contributed by atoms with Gasteiger partial charge in [-0.3, -0.25) is 0 Å². The summed E-state index contributed by atoms with van der Waals surface area (Å²) < 4.78 is 5.96. The van der Waals surface area contributed by atoms with Crippen LogP contribution in [0.1, 0.15) is 69.7 Å². The fourth-order valence-corrected chi connectivity index (χ4v) is 3.67. The topological polar surface area (TPSA) is 41.5 Å². The summed E-state index contributed by atoms with van der Waals surface area (Å²) in [6, 6.07) is 4.12. The van der Waals surface area contributed by atoms with E-state index in [2.05, 4.69) is 52.1 Å². The number of aliphatic hydroxyl groups is 1. The van der Waals surface area contributed by atoms with Crippen LogP contribution in [0.25, 0.3) is 0 Å². The lowest BCUT2D eigenvalue weighted by molar-refractivity contribution is -0.263. The highest BCUT2D eigenvalue weighted by atomic mass is 16.6. The van der Waals surface area contributed by atoms with Crippen molar-refractivity contribution in [2.45, 2.75) is 84.6 Å². The molecule has 0 aromatic heterocycles. The quantitative estimate of drug-likeness (QED) is 0.866. The van der Waals surface area contributed by atoms with E-state index < -0.39 is 5.79 Å². The molecule has 1 heterocycles. The second-order valence-electron chi connectivity index (χ2n) is 7.67. The smallest absolute Gasteiger partial charge is 0.208 e. The van der Waals surface area contributed by atoms with Crippen LogP contribution < -0.4 is 5.32 Å². The predicted molar refractivity (Wildman–Crippen MR) is 95.7 cm³/mol. The highest BCUT2D eigenvalue weighted by molar-refractivity contribution is 5.41. The highest BCUT2D eigenvalue weighted by Crippen LogP contribution is 2.35. The lowest BCUT2D eigenvalue weighted by atomic mass is 9.86. The maximum atomic E-state index is 11.2. The molecule has 1 aromatic carbocycles. The second-order valence-corrected chi connectivity index (χ2v) is 7.67. The number of hydrogen-bond donors (Lipinski definition) is 2. The summed E-state index contributed by atoms with van der Waals surface area (Å²) in [6.07, 6.45) is 4.40. The van der Waals surface area contributed by atoms with Gasteiger partial charge in [-0.05, 0) is 57.2 Å². The van der Waals surface area contributed by atoms with Gasteiger partial charge in [-0.1, -0.05) is 38.8 Å². The van der Waals surface area contributed by atoms with Gasteiger partial charge in [-0.25, -0.2) is 0 Å². The van der Waals surface area contributed by atoms with E-state index in [4.69, 9.17) is 4.74 Å². The third-order valence-corrected chi connectivity index (χ3v) is 4.85. The van der Waals surface area contributed by atoms with Gasteiger partial charge in [0.15, 0.2) is 0 Å². The Morgan fingerprint density at radius 3 is 2.43 bits per heavy atom. The van der Waals surface area contributed by atoms with Crippen LogP contribution in [0.15, 0.2) is 12.1 Å². The molecule has 130 valence electrons. The van der Waals surface area contributed by atoms with Crippen molar-refractivity contribution in [3.05, 3.63) is 34.4 Å². The third kappa shape index (κ3) is 3.78. The molecule has 0 bridgehead atoms. The fraction of sp³-hybridized carbons (Fsp3) is 0.700. The molecule has 0 spiro atoms. The molecular formula is C20H33NO2. The van der Waals surface area contributed by atoms with Crippen molar-refractivity contribution in [1.82, 2.24) is 5.32 Å². The number of aryl methyl sites for hydroxylation is 2. The van der Waals surface area contributed by atoms with Crippen LogP contribution in [-0.4, -0.2) is 23.3 Å². The molecule has 0 aliphatic carbocycles. The van der Waals surface area contributed by atoms with E-state index in [1.54, 1.807) is 0 Å². The lowest BCUT2D eigenvalue weighted by Crippen LogP contribution is -2.63. The molecule has 2 N–H and O–H groups in total. The minimum atomic E-state index is -1.26. The summed E-state index contributed by atoms with van der Waals surface area (Å²) in [7, 11) is 0. The van der Waals surface area contributed by atoms with E-state index in [0.717, 1.165) is 31.2 Å². The van der Waals surface area contributed by atoms with E-state index in [-0.39, 0.29) is 11.6 Å². The lowest BCUT2D eigenvalue weighted by Gasteiger charge is -2.46. The van der Waals surface area contributed by atoms with Crippen LogP contribution in [0.3, 0.4) is 0 Å². The Balaban J connectivity index is 2.43. The number of ether oxygens (including phenoxy) is 1. The Labute approximate surface area is 141 Å². The minimum Gasteiger partial charge on any atom is -0.361 e. The molecular weight excluding hydrogens is 286 g/mol. The van der Waals surface area contributed by atoms with Gasteiger partial charge >= 0.3 is 0 Å². The standard InChI is InChI=1S/C20H33NO2/c1-7-9-16-12-17(11-14(3)18(16)10-8-2)20(22)15(4)21-19(5,6)13-23-20/h11-12,15,21-22H,7-10,13H2,1-6H3. The molecule has 2 rings (SSSR count). The third-order valence-electron chi connectivity index (χ3n) is 4.85. The average molecular weight is 319 g/mol. The van der Waals surface area contributed by atoms with E-state index in [1.165, 1.54) is 16.7 Å². The molecule has 0 amide bonds. The molecule has 1 fully saturated rings. The number of hydrogen-bond acceptors (Lipinski definition) is 3. The Hall–Kier alpha value is -0.900. The van der Waals surface area contributed by atoms with Crippen LogP contribution >= 0.6 is 0 Å². The first kappa shape index (κ1) is 18.4. The van der Waals surface area contributed by atoms with Gasteiger partial charge < -0.3 is 15.2 Å². The molecule has 2 unspecified atom stereocenters. The maximum Gasteiger partial charge on any atom is 0.208 e.